The number of benzene rings is 3. The van der Waals surface area contributed by atoms with Crippen LogP contribution < -0.4 is 0 Å². The minimum atomic E-state index is -0.167. The van der Waals surface area contributed by atoms with Crippen LogP contribution in [0.4, 0.5) is 0 Å². The van der Waals surface area contributed by atoms with Crippen LogP contribution in [-0.2, 0) is 11.8 Å². The molecule has 0 atom stereocenters. The highest BCUT2D eigenvalue weighted by atomic mass is 14.4. The van der Waals surface area contributed by atoms with Crippen LogP contribution >= 0.6 is 0 Å². The van der Waals surface area contributed by atoms with E-state index in [2.05, 4.69) is 94.9 Å². The lowest BCUT2D eigenvalue weighted by molar-refractivity contribution is 0.654. The van der Waals surface area contributed by atoms with Gasteiger partial charge in [-0.15, -0.1) is 0 Å². The predicted octanol–water partition coefficient (Wildman–Crippen LogP) is 6.60. The maximum absolute atomic E-state index is 4.25. The molecule has 0 heterocycles. The molecule has 0 heteroatoms. The van der Waals surface area contributed by atoms with Gasteiger partial charge in [0.2, 0.25) is 0 Å². The number of fused-ring (bicyclic) bond motifs is 2. The molecule has 0 aliphatic heterocycles. The van der Waals surface area contributed by atoms with Crippen molar-refractivity contribution in [3.8, 4) is 0 Å². The first kappa shape index (κ1) is 16.8. The Hall–Kier alpha value is -2.60. The minimum Gasteiger partial charge on any atom is -0.0955 e. The SMILES string of the molecule is C=C(C)c1ccccc1C1(C)c2ccc(C)cc2Cc2cc(C)ccc21. The van der Waals surface area contributed by atoms with Crippen LogP contribution in [0.2, 0.25) is 0 Å². The molecule has 0 aromatic heterocycles. The van der Waals surface area contributed by atoms with Crippen LogP contribution in [-0.4, -0.2) is 0 Å². The van der Waals surface area contributed by atoms with Gasteiger partial charge >= 0.3 is 0 Å². The second kappa shape index (κ2) is 5.99. The predicted molar refractivity (Wildman–Crippen MR) is 112 cm³/mol. The van der Waals surface area contributed by atoms with Gasteiger partial charge in [0.1, 0.15) is 0 Å². The van der Waals surface area contributed by atoms with Crippen molar-refractivity contribution in [3.63, 3.8) is 0 Å². The van der Waals surface area contributed by atoms with Crippen molar-refractivity contribution < 1.29 is 0 Å². The quantitative estimate of drug-likeness (QED) is 0.494. The van der Waals surface area contributed by atoms with E-state index >= 15 is 0 Å². The zero-order chi connectivity index (χ0) is 18.5. The molecule has 130 valence electrons. The van der Waals surface area contributed by atoms with E-state index in [0.717, 1.165) is 12.0 Å². The lowest BCUT2D eigenvalue weighted by atomic mass is 9.62. The van der Waals surface area contributed by atoms with Gasteiger partial charge < -0.3 is 0 Å². The lowest BCUT2D eigenvalue weighted by Crippen LogP contribution is -2.32. The van der Waals surface area contributed by atoms with E-state index in [9.17, 15) is 0 Å². The standard InChI is InChI=1S/C26H26/c1-17(2)22-8-6-7-9-25(22)26(5)23-12-10-18(3)14-20(23)16-21-15-19(4)11-13-24(21)26/h6-15H,1,16H2,2-5H3. The molecule has 0 N–H and O–H groups in total. The van der Waals surface area contributed by atoms with Crippen molar-refractivity contribution in [2.45, 2.75) is 39.5 Å². The maximum Gasteiger partial charge on any atom is 0.0434 e. The smallest absolute Gasteiger partial charge is 0.0434 e. The first-order valence-corrected chi connectivity index (χ1v) is 9.36. The van der Waals surface area contributed by atoms with Crippen molar-refractivity contribution in [2.24, 2.45) is 0 Å². The Labute approximate surface area is 157 Å². The molecule has 4 rings (SSSR count). The number of hydrogen-bond acceptors (Lipinski definition) is 0. The van der Waals surface area contributed by atoms with E-state index in [1.807, 2.05) is 0 Å². The topological polar surface area (TPSA) is 0 Å². The summed E-state index contributed by atoms with van der Waals surface area (Å²) in [6.07, 6.45) is 1.01. The third kappa shape index (κ3) is 2.44. The van der Waals surface area contributed by atoms with Crippen LogP contribution in [0.3, 0.4) is 0 Å². The Bertz CT molecular complexity index is 968. The van der Waals surface area contributed by atoms with Crippen molar-refractivity contribution in [1.29, 1.82) is 0 Å². The summed E-state index contributed by atoms with van der Waals surface area (Å²) in [5, 5.41) is 0. The summed E-state index contributed by atoms with van der Waals surface area (Å²) >= 11 is 0. The Kier molecular flexibility index (Phi) is 3.88. The molecule has 3 aromatic carbocycles. The fraction of sp³-hybridized carbons (Fsp3) is 0.231. The van der Waals surface area contributed by atoms with Gasteiger partial charge in [0, 0.05) is 5.41 Å². The van der Waals surface area contributed by atoms with Crippen molar-refractivity contribution in [3.05, 3.63) is 112 Å². The molecule has 0 saturated carbocycles. The summed E-state index contributed by atoms with van der Waals surface area (Å²) in [6, 6.07) is 22.7. The number of allylic oxidation sites excluding steroid dienone is 1. The summed E-state index contributed by atoms with van der Waals surface area (Å²) in [5.74, 6) is 0. The average molecular weight is 338 g/mol. The molecule has 0 fully saturated rings. The van der Waals surface area contributed by atoms with Crippen molar-refractivity contribution >= 4 is 5.57 Å². The molecule has 1 aliphatic carbocycles. The summed E-state index contributed by atoms with van der Waals surface area (Å²) in [5.41, 5.74) is 12.0. The van der Waals surface area contributed by atoms with E-state index in [0.29, 0.717) is 0 Å². The largest absolute Gasteiger partial charge is 0.0955 e. The molecular weight excluding hydrogens is 312 g/mol. The Morgan fingerprint density at radius 2 is 1.35 bits per heavy atom. The Balaban J connectivity index is 2.09. The normalized spacial score (nSPS) is 14.5. The lowest BCUT2D eigenvalue weighted by Gasteiger charge is -2.40. The fourth-order valence-corrected chi connectivity index (χ4v) is 4.64. The number of hydrogen-bond donors (Lipinski definition) is 0. The molecule has 0 saturated heterocycles. The van der Waals surface area contributed by atoms with Gasteiger partial charge in [0.05, 0.1) is 0 Å². The average Bonchev–Trinajstić information content (AvgIpc) is 2.61. The second-order valence-electron chi connectivity index (χ2n) is 7.95. The van der Waals surface area contributed by atoms with Crippen LogP contribution in [0.25, 0.3) is 5.57 Å². The van der Waals surface area contributed by atoms with Gasteiger partial charge in [0.15, 0.2) is 0 Å². The van der Waals surface area contributed by atoms with E-state index in [1.165, 1.54) is 44.5 Å². The molecule has 0 amide bonds. The maximum atomic E-state index is 4.25. The molecule has 0 radical (unpaired) electrons. The van der Waals surface area contributed by atoms with Crippen molar-refractivity contribution in [2.75, 3.05) is 0 Å². The molecule has 0 bridgehead atoms. The van der Waals surface area contributed by atoms with Crippen LogP contribution in [0.15, 0.2) is 67.2 Å². The summed E-state index contributed by atoms with van der Waals surface area (Å²) in [7, 11) is 0. The van der Waals surface area contributed by atoms with E-state index in [1.54, 1.807) is 0 Å². The monoisotopic (exact) mass is 338 g/mol. The van der Waals surface area contributed by atoms with Gasteiger partial charge in [-0.3, -0.25) is 0 Å². The highest BCUT2D eigenvalue weighted by Gasteiger charge is 2.39. The Morgan fingerprint density at radius 1 is 0.808 bits per heavy atom. The summed E-state index contributed by atoms with van der Waals surface area (Å²) < 4.78 is 0. The van der Waals surface area contributed by atoms with E-state index < -0.39 is 0 Å². The minimum absolute atomic E-state index is 0.167. The third-order valence-electron chi connectivity index (χ3n) is 5.91. The Morgan fingerprint density at radius 3 is 1.88 bits per heavy atom. The van der Waals surface area contributed by atoms with Crippen LogP contribution in [0.5, 0.6) is 0 Å². The molecule has 0 nitrogen and oxygen atoms in total. The molecule has 3 aromatic rings. The summed E-state index contributed by atoms with van der Waals surface area (Å²) in [6.45, 7) is 13.1. The zero-order valence-corrected chi connectivity index (χ0v) is 16.2. The van der Waals surface area contributed by atoms with Crippen LogP contribution in [0.1, 0.15) is 58.4 Å². The van der Waals surface area contributed by atoms with Crippen molar-refractivity contribution in [1.82, 2.24) is 0 Å². The molecule has 1 aliphatic rings. The second-order valence-corrected chi connectivity index (χ2v) is 7.95. The van der Waals surface area contributed by atoms with E-state index in [-0.39, 0.29) is 5.41 Å². The third-order valence-corrected chi connectivity index (χ3v) is 5.91. The van der Waals surface area contributed by atoms with Gasteiger partial charge in [-0.2, -0.15) is 0 Å². The molecule has 0 unspecified atom stereocenters. The molecule has 26 heavy (non-hydrogen) atoms. The molecule has 0 spiro atoms. The number of rotatable bonds is 2. The van der Waals surface area contributed by atoms with Gasteiger partial charge in [-0.05, 0) is 67.5 Å². The molecular formula is C26H26. The fourth-order valence-electron chi connectivity index (χ4n) is 4.64. The first-order valence-electron chi connectivity index (χ1n) is 9.36. The highest BCUT2D eigenvalue weighted by Crippen LogP contribution is 2.48. The van der Waals surface area contributed by atoms with Gasteiger partial charge in [-0.1, -0.05) is 83.9 Å². The number of aryl methyl sites for hydroxylation is 2. The highest BCUT2D eigenvalue weighted by molar-refractivity contribution is 5.71. The van der Waals surface area contributed by atoms with Gasteiger partial charge in [-0.25, -0.2) is 0 Å². The summed E-state index contributed by atoms with van der Waals surface area (Å²) in [4.78, 5) is 0. The van der Waals surface area contributed by atoms with E-state index in [4.69, 9.17) is 0 Å². The van der Waals surface area contributed by atoms with Crippen LogP contribution in [0, 0.1) is 13.8 Å². The zero-order valence-electron chi connectivity index (χ0n) is 16.2. The first-order chi connectivity index (χ1) is 12.4. The van der Waals surface area contributed by atoms with Gasteiger partial charge in [0.25, 0.3) is 0 Å².